The average molecular weight is 421 g/mol. The lowest BCUT2D eigenvalue weighted by molar-refractivity contribution is -0.134. The molecule has 2 atom stereocenters. The van der Waals surface area contributed by atoms with Gasteiger partial charge in [-0.3, -0.25) is 0 Å². The Morgan fingerprint density at radius 3 is 1.60 bits per heavy atom. The SMILES string of the molecule is COC(=O)/C=C\CCCC/C=C\C=C\C(C)O.C[C@H](O)/C=C/C=C\CCCCC=O. The number of rotatable bonds is 15. The maximum Gasteiger partial charge on any atom is 0.330 e. The van der Waals surface area contributed by atoms with Crippen molar-refractivity contribution in [3.63, 3.8) is 0 Å². The van der Waals surface area contributed by atoms with E-state index in [-0.39, 0.29) is 18.2 Å². The monoisotopic (exact) mass is 420 g/mol. The quantitative estimate of drug-likeness (QED) is 0.128. The zero-order valence-electron chi connectivity index (χ0n) is 18.8. The summed E-state index contributed by atoms with van der Waals surface area (Å²) < 4.78 is 4.48. The molecule has 170 valence electrons. The molecule has 0 saturated heterocycles. The van der Waals surface area contributed by atoms with Crippen LogP contribution in [0.5, 0.6) is 0 Å². The number of unbranched alkanes of at least 4 members (excludes halogenated alkanes) is 6. The van der Waals surface area contributed by atoms with Crippen LogP contribution in [0.15, 0.2) is 60.8 Å². The van der Waals surface area contributed by atoms with Crippen LogP contribution in [0.3, 0.4) is 0 Å². The third-order valence-electron chi connectivity index (χ3n) is 3.66. The Bertz CT molecular complexity index is 540. The third-order valence-corrected chi connectivity index (χ3v) is 3.66. The molecule has 0 heterocycles. The number of ether oxygens (including phenoxy) is 1. The number of aldehydes is 1. The van der Waals surface area contributed by atoms with E-state index in [1.807, 2.05) is 36.5 Å². The lowest BCUT2D eigenvalue weighted by Gasteiger charge is -1.93. The molecule has 1 unspecified atom stereocenters. The van der Waals surface area contributed by atoms with E-state index < -0.39 is 0 Å². The minimum atomic E-state index is -0.386. The summed E-state index contributed by atoms with van der Waals surface area (Å²) in [5.74, 6) is -0.298. The van der Waals surface area contributed by atoms with Crippen LogP contribution in [-0.2, 0) is 14.3 Å². The molecule has 0 aliphatic carbocycles. The standard InChI is InChI=1S/C14H22O3.C11H18O2/c1-13(15)11-9-7-5-3-4-6-8-10-12-14(16)17-2;1-11(13)9-7-5-3-2-4-6-8-10-12/h5,7,9-13,15H,3-4,6,8H2,1-2H3;3,5,7,9-11,13H,2,4,6,8H2,1H3/b7-5-,11-9+,12-10-;5-3-,9-7+/t;11-/m.0/s1. The van der Waals surface area contributed by atoms with Crippen molar-refractivity contribution in [1.29, 1.82) is 0 Å². The summed E-state index contributed by atoms with van der Waals surface area (Å²) in [6.07, 6.45) is 26.3. The molecule has 0 saturated carbocycles. The van der Waals surface area contributed by atoms with Crippen LogP contribution in [0, 0.1) is 0 Å². The van der Waals surface area contributed by atoms with Crippen molar-refractivity contribution in [2.75, 3.05) is 7.11 Å². The van der Waals surface area contributed by atoms with E-state index in [2.05, 4.69) is 10.8 Å². The normalized spacial score (nSPS) is 13.9. The van der Waals surface area contributed by atoms with Crippen LogP contribution in [0.2, 0.25) is 0 Å². The zero-order valence-corrected chi connectivity index (χ0v) is 18.8. The van der Waals surface area contributed by atoms with E-state index in [0.29, 0.717) is 6.42 Å². The maximum absolute atomic E-state index is 10.7. The molecular weight excluding hydrogens is 380 g/mol. The van der Waals surface area contributed by atoms with E-state index >= 15 is 0 Å². The van der Waals surface area contributed by atoms with Crippen LogP contribution in [0.4, 0.5) is 0 Å². The topological polar surface area (TPSA) is 83.8 Å². The maximum atomic E-state index is 10.7. The van der Waals surface area contributed by atoms with E-state index in [0.717, 1.165) is 51.2 Å². The van der Waals surface area contributed by atoms with Gasteiger partial charge in [-0.15, -0.1) is 0 Å². The van der Waals surface area contributed by atoms with Gasteiger partial charge in [-0.05, 0) is 58.8 Å². The van der Waals surface area contributed by atoms with Crippen LogP contribution in [0.1, 0.15) is 65.2 Å². The molecule has 0 aliphatic rings. The van der Waals surface area contributed by atoms with Crippen molar-refractivity contribution in [2.24, 2.45) is 0 Å². The largest absolute Gasteiger partial charge is 0.466 e. The molecule has 0 rings (SSSR count). The van der Waals surface area contributed by atoms with Crippen molar-refractivity contribution in [2.45, 2.75) is 77.4 Å². The first-order chi connectivity index (χ1) is 14.4. The molecule has 0 amide bonds. The highest BCUT2D eigenvalue weighted by atomic mass is 16.5. The number of carbonyl (C=O) groups excluding carboxylic acids is 2. The molecule has 0 bridgehead atoms. The van der Waals surface area contributed by atoms with Crippen LogP contribution in [-0.4, -0.2) is 41.8 Å². The van der Waals surface area contributed by atoms with Gasteiger partial charge in [0.1, 0.15) is 6.29 Å². The summed E-state index contributed by atoms with van der Waals surface area (Å²) in [7, 11) is 1.37. The fourth-order valence-corrected chi connectivity index (χ4v) is 2.06. The second-order valence-corrected chi connectivity index (χ2v) is 6.77. The molecule has 5 heteroatoms. The Balaban J connectivity index is 0. The molecule has 0 aromatic carbocycles. The Morgan fingerprint density at radius 1 is 0.767 bits per heavy atom. The zero-order chi connectivity index (χ0) is 22.9. The van der Waals surface area contributed by atoms with Crippen molar-refractivity contribution >= 4 is 12.3 Å². The van der Waals surface area contributed by atoms with E-state index in [1.165, 1.54) is 13.2 Å². The minimum absolute atomic E-state index is 0.298. The Labute approximate surface area is 182 Å². The molecule has 0 radical (unpaired) electrons. The second-order valence-electron chi connectivity index (χ2n) is 6.77. The molecule has 0 fully saturated rings. The van der Waals surface area contributed by atoms with Gasteiger partial charge in [-0.2, -0.15) is 0 Å². The first-order valence-corrected chi connectivity index (χ1v) is 10.6. The lowest BCUT2D eigenvalue weighted by Crippen LogP contribution is -1.93. The summed E-state index contributed by atoms with van der Waals surface area (Å²) in [6.45, 7) is 3.44. The van der Waals surface area contributed by atoms with E-state index in [1.54, 1.807) is 26.0 Å². The van der Waals surface area contributed by atoms with Gasteiger partial charge in [-0.1, -0.05) is 54.7 Å². The van der Waals surface area contributed by atoms with E-state index in [4.69, 9.17) is 10.2 Å². The van der Waals surface area contributed by atoms with Gasteiger partial charge in [0, 0.05) is 12.5 Å². The highest BCUT2D eigenvalue weighted by Gasteiger charge is 1.89. The number of hydrogen-bond acceptors (Lipinski definition) is 5. The number of hydrogen-bond donors (Lipinski definition) is 2. The number of aliphatic hydroxyl groups is 2. The van der Waals surface area contributed by atoms with E-state index in [9.17, 15) is 9.59 Å². The van der Waals surface area contributed by atoms with Gasteiger partial charge in [0.25, 0.3) is 0 Å². The van der Waals surface area contributed by atoms with Crippen molar-refractivity contribution < 1.29 is 24.5 Å². The molecule has 0 aromatic rings. The van der Waals surface area contributed by atoms with Crippen molar-refractivity contribution in [3.05, 3.63) is 60.8 Å². The fourth-order valence-electron chi connectivity index (χ4n) is 2.06. The van der Waals surface area contributed by atoms with Gasteiger partial charge in [-0.25, -0.2) is 4.79 Å². The van der Waals surface area contributed by atoms with Crippen LogP contribution in [0.25, 0.3) is 0 Å². The lowest BCUT2D eigenvalue weighted by atomic mass is 10.2. The summed E-state index contributed by atoms with van der Waals surface area (Å²) in [4.78, 5) is 20.7. The first-order valence-electron chi connectivity index (χ1n) is 10.6. The number of esters is 1. The average Bonchev–Trinajstić information content (AvgIpc) is 2.71. The predicted octanol–water partition coefficient (Wildman–Crippen LogP) is 5.01. The van der Waals surface area contributed by atoms with Gasteiger partial charge < -0.3 is 19.7 Å². The summed E-state index contributed by atoms with van der Waals surface area (Å²) in [5, 5.41) is 17.8. The molecule has 0 aliphatic heterocycles. The Hall–Kier alpha value is -2.24. The third kappa shape index (κ3) is 30.5. The van der Waals surface area contributed by atoms with Crippen LogP contribution >= 0.6 is 0 Å². The van der Waals surface area contributed by atoms with Gasteiger partial charge in [0.15, 0.2) is 0 Å². The second kappa shape index (κ2) is 24.8. The Kier molecular flexibility index (Phi) is 24.8. The molecule has 0 spiro atoms. The first kappa shape index (κ1) is 30.0. The molecule has 0 aromatic heterocycles. The van der Waals surface area contributed by atoms with Gasteiger partial charge >= 0.3 is 5.97 Å². The summed E-state index contributed by atoms with van der Waals surface area (Å²) in [5.41, 5.74) is 0. The number of aliphatic hydroxyl groups excluding tert-OH is 2. The molecule has 2 N–H and O–H groups in total. The van der Waals surface area contributed by atoms with Crippen molar-refractivity contribution in [1.82, 2.24) is 0 Å². The Morgan fingerprint density at radius 2 is 1.20 bits per heavy atom. The summed E-state index contributed by atoms with van der Waals surface area (Å²) in [6, 6.07) is 0. The molecular formula is C25H40O5. The summed E-state index contributed by atoms with van der Waals surface area (Å²) >= 11 is 0. The minimum Gasteiger partial charge on any atom is -0.466 e. The molecule has 5 nitrogen and oxygen atoms in total. The van der Waals surface area contributed by atoms with Gasteiger partial charge in [0.05, 0.1) is 19.3 Å². The van der Waals surface area contributed by atoms with Gasteiger partial charge in [0.2, 0.25) is 0 Å². The highest BCUT2D eigenvalue weighted by molar-refractivity contribution is 5.81. The van der Waals surface area contributed by atoms with Crippen molar-refractivity contribution in [3.8, 4) is 0 Å². The highest BCUT2D eigenvalue weighted by Crippen LogP contribution is 2.02. The smallest absolute Gasteiger partial charge is 0.330 e. The molecule has 30 heavy (non-hydrogen) atoms. The number of allylic oxidation sites excluding steroid dienone is 7. The number of methoxy groups -OCH3 is 1. The predicted molar refractivity (Wildman–Crippen MR) is 124 cm³/mol. The number of carbonyl (C=O) groups is 2. The van der Waals surface area contributed by atoms with Crippen LogP contribution < -0.4 is 0 Å². The fraction of sp³-hybridized carbons (Fsp3) is 0.520.